The molecule has 162 valence electrons. The van der Waals surface area contributed by atoms with Gasteiger partial charge in [-0.3, -0.25) is 20.6 Å². The summed E-state index contributed by atoms with van der Waals surface area (Å²) in [5, 5.41) is 8.85. The molecule has 0 fully saturated rings. The summed E-state index contributed by atoms with van der Waals surface area (Å²) in [6.07, 6.45) is 3.16. The van der Waals surface area contributed by atoms with E-state index in [0.29, 0.717) is 22.7 Å². The number of hydrazine groups is 1. The molecule has 32 heavy (non-hydrogen) atoms. The highest BCUT2D eigenvalue weighted by Crippen LogP contribution is 2.27. The summed E-state index contributed by atoms with van der Waals surface area (Å²) in [5.41, 5.74) is 7.24. The first-order valence-corrected chi connectivity index (χ1v) is 9.61. The fourth-order valence-corrected chi connectivity index (χ4v) is 2.89. The predicted molar refractivity (Wildman–Crippen MR) is 117 cm³/mol. The van der Waals surface area contributed by atoms with E-state index in [1.54, 1.807) is 44.8 Å². The van der Waals surface area contributed by atoms with Gasteiger partial charge in [-0.05, 0) is 42.5 Å². The van der Waals surface area contributed by atoms with Crippen molar-refractivity contribution < 1.29 is 19.0 Å². The van der Waals surface area contributed by atoms with Crippen molar-refractivity contribution >= 4 is 22.8 Å². The van der Waals surface area contributed by atoms with Gasteiger partial charge in [0, 0.05) is 23.2 Å². The molecule has 0 radical (unpaired) electrons. The highest BCUT2D eigenvalue weighted by molar-refractivity contribution is 5.86. The first-order valence-electron chi connectivity index (χ1n) is 9.61. The Bertz CT molecular complexity index is 1220. The molecule has 0 bridgehead atoms. The molecule has 2 aromatic carbocycles. The zero-order valence-electron chi connectivity index (χ0n) is 17.4. The molecule has 0 aliphatic rings. The van der Waals surface area contributed by atoms with Gasteiger partial charge < -0.3 is 14.2 Å². The highest BCUT2D eigenvalue weighted by atomic mass is 16.5. The summed E-state index contributed by atoms with van der Waals surface area (Å²) in [6, 6.07) is 14.5. The molecule has 10 heteroatoms. The Kier molecular flexibility index (Phi) is 6.21. The summed E-state index contributed by atoms with van der Waals surface area (Å²) in [6.45, 7) is -0.213. The molecule has 0 aliphatic carbocycles. The molecule has 4 rings (SSSR count). The summed E-state index contributed by atoms with van der Waals surface area (Å²) < 4.78 is 16.0. The number of hydrogen-bond acceptors (Lipinski definition) is 9. The quantitative estimate of drug-likeness (QED) is 0.405. The standard InChI is InChI=1S/C22H20N6O4/c1-30-15-5-3-14(4-6-15)19-12-24-22(27-25-19)28-26-21(29)13-32-20-9-10-23-18-11-16(31-2)7-8-17(18)20/h3-12H,13H2,1-2H3,(H,26,29)(H,24,27,28). The fraction of sp³-hybridized carbons (Fsp3) is 0.136. The maximum Gasteiger partial charge on any atom is 0.276 e. The average Bonchev–Trinajstić information content (AvgIpc) is 2.86. The van der Waals surface area contributed by atoms with Crippen molar-refractivity contribution in [3.63, 3.8) is 0 Å². The molecular formula is C22H20N6O4. The SMILES string of the molecule is COc1ccc(-c2cnc(NNC(=O)COc3ccnc4cc(OC)ccc34)nn2)cc1. The summed E-state index contributed by atoms with van der Waals surface area (Å²) in [5.74, 6) is 1.71. The van der Waals surface area contributed by atoms with Crippen LogP contribution >= 0.6 is 0 Å². The Balaban J connectivity index is 1.32. The van der Waals surface area contributed by atoms with Gasteiger partial charge in [0.15, 0.2) is 6.61 Å². The van der Waals surface area contributed by atoms with Crippen molar-refractivity contribution in [1.82, 2.24) is 25.6 Å². The highest BCUT2D eigenvalue weighted by Gasteiger charge is 2.09. The Morgan fingerprint density at radius 3 is 2.44 bits per heavy atom. The molecule has 10 nitrogen and oxygen atoms in total. The Morgan fingerprint density at radius 1 is 0.938 bits per heavy atom. The molecule has 0 spiro atoms. The lowest BCUT2D eigenvalue weighted by Crippen LogP contribution is -2.34. The number of nitrogens with zero attached hydrogens (tertiary/aromatic N) is 4. The third-order valence-electron chi connectivity index (χ3n) is 4.53. The lowest BCUT2D eigenvalue weighted by molar-refractivity contribution is -0.122. The first-order chi connectivity index (χ1) is 15.7. The van der Waals surface area contributed by atoms with E-state index in [1.165, 1.54) is 0 Å². The molecule has 4 aromatic rings. The minimum atomic E-state index is -0.411. The summed E-state index contributed by atoms with van der Waals surface area (Å²) >= 11 is 0. The number of rotatable bonds is 8. The average molecular weight is 432 g/mol. The number of aromatic nitrogens is 4. The van der Waals surface area contributed by atoms with Crippen molar-refractivity contribution in [2.45, 2.75) is 0 Å². The van der Waals surface area contributed by atoms with E-state index in [-0.39, 0.29) is 12.6 Å². The van der Waals surface area contributed by atoms with Crippen LogP contribution in [0.1, 0.15) is 0 Å². The molecule has 0 saturated carbocycles. The Labute approximate surface area is 183 Å². The molecule has 2 N–H and O–H groups in total. The van der Waals surface area contributed by atoms with Gasteiger partial charge in [-0.2, -0.15) is 0 Å². The lowest BCUT2D eigenvalue weighted by atomic mass is 10.1. The first kappa shape index (κ1) is 20.8. The van der Waals surface area contributed by atoms with Crippen LogP contribution in [0.5, 0.6) is 17.2 Å². The van der Waals surface area contributed by atoms with Crippen LogP contribution in [-0.2, 0) is 4.79 Å². The second kappa shape index (κ2) is 9.56. The second-order valence-electron chi connectivity index (χ2n) is 6.55. The normalized spacial score (nSPS) is 10.4. The van der Waals surface area contributed by atoms with Crippen molar-refractivity contribution in [1.29, 1.82) is 0 Å². The lowest BCUT2D eigenvalue weighted by Gasteiger charge is -2.10. The van der Waals surface area contributed by atoms with Crippen LogP contribution in [0.15, 0.2) is 60.9 Å². The van der Waals surface area contributed by atoms with Crippen LogP contribution in [0.3, 0.4) is 0 Å². The van der Waals surface area contributed by atoms with Gasteiger partial charge in [0.05, 0.1) is 25.9 Å². The number of fused-ring (bicyclic) bond motifs is 1. The van der Waals surface area contributed by atoms with Gasteiger partial charge in [-0.15, -0.1) is 10.2 Å². The molecule has 2 aromatic heterocycles. The minimum Gasteiger partial charge on any atom is -0.497 e. The van der Waals surface area contributed by atoms with E-state index < -0.39 is 5.91 Å². The molecule has 1 amide bonds. The largest absolute Gasteiger partial charge is 0.497 e. The van der Waals surface area contributed by atoms with Crippen LogP contribution in [0.25, 0.3) is 22.2 Å². The topological polar surface area (TPSA) is 120 Å². The maximum atomic E-state index is 12.2. The zero-order chi connectivity index (χ0) is 22.3. The number of ether oxygens (including phenoxy) is 3. The number of benzene rings is 2. The second-order valence-corrected chi connectivity index (χ2v) is 6.55. The smallest absolute Gasteiger partial charge is 0.276 e. The van der Waals surface area contributed by atoms with Crippen LogP contribution < -0.4 is 25.1 Å². The number of pyridine rings is 1. The monoisotopic (exact) mass is 432 g/mol. The zero-order valence-corrected chi connectivity index (χ0v) is 17.4. The number of carbonyl (C=O) groups excluding carboxylic acids is 1. The molecule has 2 heterocycles. The summed E-state index contributed by atoms with van der Waals surface area (Å²) in [4.78, 5) is 20.6. The minimum absolute atomic E-state index is 0.150. The van der Waals surface area contributed by atoms with E-state index in [1.807, 2.05) is 30.3 Å². The molecule has 0 aliphatic heterocycles. The number of carbonyl (C=O) groups is 1. The van der Waals surface area contributed by atoms with Gasteiger partial charge in [0.1, 0.15) is 22.9 Å². The van der Waals surface area contributed by atoms with E-state index in [2.05, 4.69) is 31.0 Å². The third-order valence-corrected chi connectivity index (χ3v) is 4.53. The van der Waals surface area contributed by atoms with E-state index in [4.69, 9.17) is 14.2 Å². The van der Waals surface area contributed by atoms with Crippen LogP contribution in [0.4, 0.5) is 5.95 Å². The summed E-state index contributed by atoms with van der Waals surface area (Å²) in [7, 11) is 3.19. The molecule has 0 saturated heterocycles. The van der Waals surface area contributed by atoms with Gasteiger partial charge >= 0.3 is 0 Å². The maximum absolute atomic E-state index is 12.2. The fourth-order valence-electron chi connectivity index (χ4n) is 2.89. The number of nitrogens with one attached hydrogen (secondary N) is 2. The molecular weight excluding hydrogens is 412 g/mol. The number of hydrogen-bond donors (Lipinski definition) is 2. The number of anilines is 1. The van der Waals surface area contributed by atoms with Crippen LogP contribution in [0.2, 0.25) is 0 Å². The predicted octanol–water partition coefficient (Wildman–Crippen LogP) is 2.63. The Morgan fingerprint density at radius 2 is 1.72 bits per heavy atom. The number of methoxy groups -OCH3 is 2. The van der Waals surface area contributed by atoms with E-state index >= 15 is 0 Å². The Hall–Kier alpha value is -4.47. The van der Waals surface area contributed by atoms with Crippen LogP contribution in [-0.4, -0.2) is 46.9 Å². The molecule has 0 unspecified atom stereocenters. The number of amides is 1. The van der Waals surface area contributed by atoms with Crippen molar-refractivity contribution in [2.24, 2.45) is 0 Å². The van der Waals surface area contributed by atoms with E-state index in [9.17, 15) is 4.79 Å². The van der Waals surface area contributed by atoms with Gasteiger partial charge in [0.2, 0.25) is 0 Å². The van der Waals surface area contributed by atoms with E-state index in [0.717, 1.165) is 16.7 Å². The van der Waals surface area contributed by atoms with Gasteiger partial charge in [0.25, 0.3) is 11.9 Å². The van der Waals surface area contributed by atoms with Crippen molar-refractivity contribution in [2.75, 3.05) is 26.3 Å². The third kappa shape index (κ3) is 4.81. The molecule has 0 atom stereocenters. The van der Waals surface area contributed by atoms with Crippen molar-refractivity contribution in [3.05, 3.63) is 60.9 Å². The van der Waals surface area contributed by atoms with Gasteiger partial charge in [-0.1, -0.05) is 0 Å². The van der Waals surface area contributed by atoms with Crippen LogP contribution in [0, 0.1) is 0 Å². The van der Waals surface area contributed by atoms with Gasteiger partial charge in [-0.25, -0.2) is 4.98 Å². The van der Waals surface area contributed by atoms with Crippen molar-refractivity contribution in [3.8, 4) is 28.5 Å².